The van der Waals surface area contributed by atoms with Crippen LogP contribution in [0.3, 0.4) is 0 Å². The van der Waals surface area contributed by atoms with Crippen LogP contribution in [-0.2, 0) is 6.42 Å². The fourth-order valence-corrected chi connectivity index (χ4v) is 1.69. The molecular formula is C13H25N3O. The SMILES string of the molecule is CCNC(Cc1nc(C(C)C)no1)C(C)(C)C. The van der Waals surface area contributed by atoms with E-state index in [0.29, 0.717) is 12.0 Å². The summed E-state index contributed by atoms with van der Waals surface area (Å²) in [5.74, 6) is 1.85. The molecule has 98 valence electrons. The van der Waals surface area contributed by atoms with Gasteiger partial charge >= 0.3 is 0 Å². The van der Waals surface area contributed by atoms with Gasteiger partial charge in [-0.3, -0.25) is 0 Å². The predicted molar refractivity (Wildman–Crippen MR) is 69.0 cm³/mol. The number of aromatic nitrogens is 2. The maximum absolute atomic E-state index is 5.30. The monoisotopic (exact) mass is 239 g/mol. The summed E-state index contributed by atoms with van der Waals surface area (Å²) in [6.45, 7) is 13.9. The Morgan fingerprint density at radius 1 is 1.29 bits per heavy atom. The van der Waals surface area contributed by atoms with Crippen molar-refractivity contribution in [2.24, 2.45) is 5.41 Å². The van der Waals surface area contributed by atoms with Gasteiger partial charge in [-0.2, -0.15) is 4.98 Å². The lowest BCUT2D eigenvalue weighted by Gasteiger charge is -2.30. The van der Waals surface area contributed by atoms with Gasteiger partial charge in [0.15, 0.2) is 5.82 Å². The average molecular weight is 239 g/mol. The van der Waals surface area contributed by atoms with Gasteiger partial charge in [0.05, 0.1) is 0 Å². The molecule has 0 aromatic carbocycles. The molecule has 0 fully saturated rings. The summed E-state index contributed by atoms with van der Waals surface area (Å²) < 4.78 is 5.30. The fraction of sp³-hybridized carbons (Fsp3) is 0.846. The molecule has 1 rings (SSSR count). The van der Waals surface area contributed by atoms with Crippen molar-refractivity contribution in [3.8, 4) is 0 Å². The van der Waals surface area contributed by atoms with Gasteiger partial charge in [0, 0.05) is 18.4 Å². The lowest BCUT2D eigenvalue weighted by molar-refractivity contribution is 0.247. The van der Waals surface area contributed by atoms with E-state index in [1.807, 2.05) is 0 Å². The minimum Gasteiger partial charge on any atom is -0.339 e. The maximum atomic E-state index is 5.30. The maximum Gasteiger partial charge on any atom is 0.228 e. The van der Waals surface area contributed by atoms with Crippen molar-refractivity contribution in [3.05, 3.63) is 11.7 Å². The third-order valence-electron chi connectivity index (χ3n) is 2.87. The molecule has 17 heavy (non-hydrogen) atoms. The largest absolute Gasteiger partial charge is 0.339 e. The first-order valence-electron chi connectivity index (χ1n) is 6.40. The third-order valence-corrected chi connectivity index (χ3v) is 2.87. The predicted octanol–water partition coefficient (Wildman–Crippen LogP) is 2.76. The second kappa shape index (κ2) is 5.63. The zero-order valence-corrected chi connectivity index (χ0v) is 11.9. The van der Waals surface area contributed by atoms with E-state index in [4.69, 9.17) is 4.52 Å². The molecule has 1 aromatic heterocycles. The van der Waals surface area contributed by atoms with Crippen LogP contribution in [-0.4, -0.2) is 22.7 Å². The summed E-state index contributed by atoms with van der Waals surface area (Å²) in [5, 5.41) is 7.48. The van der Waals surface area contributed by atoms with Crippen LogP contribution in [0.1, 0.15) is 59.2 Å². The second-order valence-electron chi connectivity index (χ2n) is 5.88. The molecule has 0 spiro atoms. The van der Waals surface area contributed by atoms with Gasteiger partial charge in [-0.15, -0.1) is 0 Å². The van der Waals surface area contributed by atoms with Crippen LogP contribution < -0.4 is 5.32 Å². The van der Waals surface area contributed by atoms with E-state index in [1.165, 1.54) is 0 Å². The Labute approximate surface area is 104 Å². The molecule has 1 heterocycles. The number of nitrogens with zero attached hydrogens (tertiary/aromatic N) is 2. The smallest absolute Gasteiger partial charge is 0.228 e. The first kappa shape index (κ1) is 14.2. The summed E-state index contributed by atoms with van der Waals surface area (Å²) in [6.07, 6.45) is 0.789. The molecule has 0 aliphatic heterocycles. The van der Waals surface area contributed by atoms with Crippen molar-refractivity contribution in [1.82, 2.24) is 15.5 Å². The summed E-state index contributed by atoms with van der Waals surface area (Å²) >= 11 is 0. The minimum absolute atomic E-state index is 0.183. The molecule has 1 unspecified atom stereocenters. The van der Waals surface area contributed by atoms with Crippen molar-refractivity contribution in [3.63, 3.8) is 0 Å². The number of hydrogen-bond donors (Lipinski definition) is 1. The van der Waals surface area contributed by atoms with E-state index < -0.39 is 0 Å². The van der Waals surface area contributed by atoms with Crippen molar-refractivity contribution in [2.45, 2.75) is 59.9 Å². The van der Waals surface area contributed by atoms with Crippen LogP contribution in [0.4, 0.5) is 0 Å². The number of likely N-dealkylation sites (N-methyl/N-ethyl adjacent to an activating group) is 1. The summed E-state index contributed by atoms with van der Waals surface area (Å²) in [5.41, 5.74) is 0.183. The Morgan fingerprint density at radius 2 is 1.94 bits per heavy atom. The summed E-state index contributed by atoms with van der Waals surface area (Å²) in [4.78, 5) is 4.43. The average Bonchev–Trinajstić information content (AvgIpc) is 2.64. The second-order valence-corrected chi connectivity index (χ2v) is 5.88. The number of hydrogen-bond acceptors (Lipinski definition) is 4. The van der Waals surface area contributed by atoms with Crippen molar-refractivity contribution in [1.29, 1.82) is 0 Å². The standard InChI is InChI=1S/C13H25N3O/c1-7-14-10(13(4,5)6)8-11-15-12(9(2)3)16-17-11/h9-10,14H,7-8H2,1-6H3. The van der Waals surface area contributed by atoms with E-state index in [1.54, 1.807) is 0 Å². The lowest BCUT2D eigenvalue weighted by atomic mass is 9.84. The van der Waals surface area contributed by atoms with E-state index in [-0.39, 0.29) is 5.41 Å². The molecule has 4 nitrogen and oxygen atoms in total. The highest BCUT2D eigenvalue weighted by atomic mass is 16.5. The molecule has 0 amide bonds. The van der Waals surface area contributed by atoms with Crippen LogP contribution in [0, 0.1) is 5.41 Å². The van der Waals surface area contributed by atoms with E-state index >= 15 is 0 Å². The highest BCUT2D eigenvalue weighted by Gasteiger charge is 2.26. The first-order chi connectivity index (χ1) is 7.84. The normalized spacial score (nSPS) is 14.3. The molecule has 0 radical (unpaired) electrons. The van der Waals surface area contributed by atoms with Gasteiger partial charge in [-0.05, 0) is 12.0 Å². The van der Waals surface area contributed by atoms with Gasteiger partial charge in [-0.1, -0.05) is 46.7 Å². The van der Waals surface area contributed by atoms with E-state index in [0.717, 1.165) is 24.7 Å². The molecule has 1 aromatic rings. The van der Waals surface area contributed by atoms with E-state index in [2.05, 4.69) is 57.0 Å². The van der Waals surface area contributed by atoms with Crippen molar-refractivity contribution < 1.29 is 4.52 Å². The Kier molecular flexibility index (Phi) is 4.69. The van der Waals surface area contributed by atoms with E-state index in [9.17, 15) is 0 Å². The van der Waals surface area contributed by atoms with Gasteiger partial charge in [0.25, 0.3) is 0 Å². The van der Waals surface area contributed by atoms with Crippen LogP contribution >= 0.6 is 0 Å². The molecular weight excluding hydrogens is 214 g/mol. The molecule has 1 atom stereocenters. The topological polar surface area (TPSA) is 51.0 Å². The molecule has 0 bridgehead atoms. The zero-order chi connectivity index (χ0) is 13.1. The Hall–Kier alpha value is -0.900. The highest BCUT2D eigenvalue weighted by molar-refractivity contribution is 4.95. The fourth-order valence-electron chi connectivity index (χ4n) is 1.69. The van der Waals surface area contributed by atoms with Gasteiger partial charge in [-0.25, -0.2) is 0 Å². The highest BCUT2D eigenvalue weighted by Crippen LogP contribution is 2.22. The van der Waals surface area contributed by atoms with Crippen LogP contribution in [0.5, 0.6) is 0 Å². The van der Waals surface area contributed by atoms with Gasteiger partial charge in [0.1, 0.15) is 0 Å². The number of rotatable bonds is 5. The molecule has 0 saturated carbocycles. The first-order valence-corrected chi connectivity index (χ1v) is 6.40. The third kappa shape index (κ3) is 4.11. The molecule has 0 aliphatic rings. The molecule has 0 saturated heterocycles. The Morgan fingerprint density at radius 3 is 2.35 bits per heavy atom. The Bertz CT molecular complexity index is 339. The van der Waals surface area contributed by atoms with Crippen molar-refractivity contribution >= 4 is 0 Å². The Balaban J connectivity index is 2.72. The number of nitrogens with one attached hydrogen (secondary N) is 1. The minimum atomic E-state index is 0.183. The quantitative estimate of drug-likeness (QED) is 0.858. The lowest BCUT2D eigenvalue weighted by Crippen LogP contribution is -2.41. The summed E-state index contributed by atoms with van der Waals surface area (Å²) in [6, 6.07) is 0.355. The van der Waals surface area contributed by atoms with Crippen LogP contribution in [0.15, 0.2) is 4.52 Å². The van der Waals surface area contributed by atoms with Gasteiger partial charge in [0.2, 0.25) is 5.89 Å². The molecule has 4 heteroatoms. The van der Waals surface area contributed by atoms with Crippen molar-refractivity contribution in [2.75, 3.05) is 6.54 Å². The zero-order valence-electron chi connectivity index (χ0n) is 11.9. The van der Waals surface area contributed by atoms with Crippen LogP contribution in [0.25, 0.3) is 0 Å². The summed E-state index contributed by atoms with van der Waals surface area (Å²) in [7, 11) is 0. The van der Waals surface area contributed by atoms with Crippen LogP contribution in [0.2, 0.25) is 0 Å². The molecule has 0 aliphatic carbocycles. The molecule has 1 N–H and O–H groups in total. The van der Waals surface area contributed by atoms with Gasteiger partial charge < -0.3 is 9.84 Å².